The van der Waals surface area contributed by atoms with E-state index >= 15 is 0 Å². The summed E-state index contributed by atoms with van der Waals surface area (Å²) in [5.41, 5.74) is 14.6. The van der Waals surface area contributed by atoms with E-state index in [1.54, 1.807) is 0 Å². The summed E-state index contributed by atoms with van der Waals surface area (Å²) >= 11 is 0. The topological polar surface area (TPSA) is 29.5 Å². The highest BCUT2D eigenvalue weighted by atomic mass is 16.3. The van der Waals surface area contributed by atoms with Crippen molar-refractivity contribution in [1.29, 1.82) is 0 Å². The predicted octanol–water partition coefficient (Wildman–Crippen LogP) is 11.1. The summed E-state index contributed by atoms with van der Waals surface area (Å²) < 4.78 is 13.1. The summed E-state index contributed by atoms with van der Waals surface area (Å²) in [6.45, 7) is 2.19. The molecule has 3 aliphatic rings. The molecule has 0 spiro atoms. The van der Waals surface area contributed by atoms with E-state index in [-0.39, 0.29) is 0 Å². The molecule has 0 radical (unpaired) electrons. The molecular weight excluding hydrogens is 514 g/mol. The lowest BCUT2D eigenvalue weighted by Crippen LogP contribution is -2.14. The zero-order valence-corrected chi connectivity index (χ0v) is 23.7. The number of furan rings is 2. The van der Waals surface area contributed by atoms with Crippen LogP contribution in [0.1, 0.15) is 53.7 Å². The Bertz CT molecular complexity index is 2170. The average molecular weight is 546 g/mol. The van der Waals surface area contributed by atoms with Crippen LogP contribution in [0, 0.1) is 6.92 Å². The number of fused-ring (bicyclic) bond motifs is 9. The molecule has 3 heteroatoms. The van der Waals surface area contributed by atoms with Crippen molar-refractivity contribution in [2.24, 2.45) is 0 Å². The monoisotopic (exact) mass is 545 g/mol. The van der Waals surface area contributed by atoms with Crippen LogP contribution in [0.3, 0.4) is 0 Å². The van der Waals surface area contributed by atoms with Crippen molar-refractivity contribution >= 4 is 61.6 Å². The number of allylic oxidation sites excluding steroid dienone is 5. The molecule has 2 heterocycles. The zero-order chi connectivity index (χ0) is 27.8. The minimum Gasteiger partial charge on any atom is -0.460 e. The van der Waals surface area contributed by atoms with E-state index < -0.39 is 0 Å². The van der Waals surface area contributed by atoms with E-state index in [9.17, 15) is 0 Å². The van der Waals surface area contributed by atoms with Crippen molar-refractivity contribution in [1.82, 2.24) is 0 Å². The molecule has 0 aliphatic heterocycles. The first-order valence-corrected chi connectivity index (χ1v) is 15.2. The first kappa shape index (κ1) is 23.9. The molecule has 0 unspecified atom stereocenters. The smallest absolute Gasteiger partial charge is 0.137 e. The van der Waals surface area contributed by atoms with Gasteiger partial charge in [-0.25, -0.2) is 0 Å². The van der Waals surface area contributed by atoms with Crippen molar-refractivity contribution in [2.75, 3.05) is 4.90 Å². The molecule has 42 heavy (non-hydrogen) atoms. The van der Waals surface area contributed by atoms with Gasteiger partial charge < -0.3 is 13.7 Å². The highest BCUT2D eigenvalue weighted by Crippen LogP contribution is 2.50. The largest absolute Gasteiger partial charge is 0.460 e. The van der Waals surface area contributed by atoms with Crippen LogP contribution in [0.2, 0.25) is 0 Å². The van der Waals surface area contributed by atoms with E-state index in [2.05, 4.69) is 96.8 Å². The minimum atomic E-state index is 0.899. The molecule has 0 saturated heterocycles. The molecule has 9 rings (SSSR count). The average Bonchev–Trinajstić information content (AvgIpc) is 3.60. The van der Waals surface area contributed by atoms with Gasteiger partial charge in [-0.1, -0.05) is 60.7 Å². The standard InChI is InChI=1S/C39H31NO2/c1-24-10-2-8-16-32(24)40(26-19-20-30-29-14-7-9-17-34(29)41-36(30)22-26)33-23-37-39(31-15-6-5-13-28(31)33)38-27-12-4-3-11-25(27)18-21-35(38)42-37/h2-3,5,7-11,13-14,16-17,19-20,22-23H,4,6,12,15,18,21H2,1H3. The molecule has 0 saturated carbocycles. The van der Waals surface area contributed by atoms with Crippen LogP contribution in [0.5, 0.6) is 0 Å². The normalized spacial score (nSPS) is 15.8. The quantitative estimate of drug-likeness (QED) is 0.221. The third-order valence-corrected chi connectivity index (χ3v) is 9.43. The number of aryl methyl sites for hydroxylation is 3. The molecule has 6 aromatic rings. The van der Waals surface area contributed by atoms with Crippen LogP contribution in [0.25, 0.3) is 44.6 Å². The fourth-order valence-electron chi connectivity index (χ4n) is 7.50. The first-order valence-electron chi connectivity index (χ1n) is 15.2. The van der Waals surface area contributed by atoms with Gasteiger partial charge in [0, 0.05) is 57.2 Å². The van der Waals surface area contributed by atoms with Crippen molar-refractivity contribution in [2.45, 2.75) is 45.4 Å². The molecule has 0 amide bonds. The second-order valence-corrected chi connectivity index (χ2v) is 11.8. The van der Waals surface area contributed by atoms with Crippen LogP contribution in [0.15, 0.2) is 105 Å². The maximum absolute atomic E-state index is 6.78. The summed E-state index contributed by atoms with van der Waals surface area (Å²) in [4.78, 5) is 2.41. The molecule has 0 N–H and O–H groups in total. The van der Waals surface area contributed by atoms with Crippen LogP contribution >= 0.6 is 0 Å². The maximum atomic E-state index is 6.78. The van der Waals surface area contributed by atoms with E-state index in [0.717, 1.165) is 83.1 Å². The lowest BCUT2D eigenvalue weighted by molar-refractivity contribution is 0.542. The predicted molar refractivity (Wildman–Crippen MR) is 174 cm³/mol. The van der Waals surface area contributed by atoms with Gasteiger partial charge in [0.05, 0.1) is 5.69 Å². The van der Waals surface area contributed by atoms with Crippen molar-refractivity contribution < 1.29 is 8.83 Å². The maximum Gasteiger partial charge on any atom is 0.137 e. The molecule has 0 fully saturated rings. The number of benzene rings is 4. The van der Waals surface area contributed by atoms with Gasteiger partial charge in [-0.2, -0.15) is 0 Å². The SMILES string of the molecule is Cc1ccccc1N(c1ccc2c(c1)oc1ccccc12)c1cc2oc3c(c2c2c1C=CCC2)C1=C(C=CCC1)CC3. The highest BCUT2D eigenvalue weighted by Gasteiger charge is 2.30. The molecule has 4 aromatic carbocycles. The van der Waals surface area contributed by atoms with Gasteiger partial charge in [0.15, 0.2) is 0 Å². The number of anilines is 3. The Morgan fingerprint density at radius 3 is 2.45 bits per heavy atom. The fraction of sp³-hybridized carbons (Fsp3) is 0.179. The molecule has 0 atom stereocenters. The van der Waals surface area contributed by atoms with Crippen LogP contribution in [-0.4, -0.2) is 0 Å². The van der Waals surface area contributed by atoms with E-state index in [1.807, 2.05) is 12.1 Å². The summed E-state index contributed by atoms with van der Waals surface area (Å²) in [7, 11) is 0. The van der Waals surface area contributed by atoms with E-state index in [4.69, 9.17) is 8.83 Å². The molecule has 3 aliphatic carbocycles. The number of hydrogen-bond donors (Lipinski definition) is 0. The van der Waals surface area contributed by atoms with E-state index in [1.165, 1.54) is 44.5 Å². The Morgan fingerprint density at radius 2 is 1.50 bits per heavy atom. The number of nitrogens with zero attached hydrogens (tertiary/aromatic N) is 1. The highest BCUT2D eigenvalue weighted by molar-refractivity contribution is 6.07. The third-order valence-electron chi connectivity index (χ3n) is 9.43. The molecule has 0 bridgehead atoms. The first-order chi connectivity index (χ1) is 20.7. The number of hydrogen-bond acceptors (Lipinski definition) is 3. The molecule has 2 aromatic heterocycles. The lowest BCUT2D eigenvalue weighted by Gasteiger charge is -2.30. The summed E-state index contributed by atoms with van der Waals surface area (Å²) in [5, 5.41) is 3.63. The van der Waals surface area contributed by atoms with Gasteiger partial charge in [-0.15, -0.1) is 0 Å². The summed E-state index contributed by atoms with van der Waals surface area (Å²) in [6.07, 6.45) is 15.7. The van der Waals surface area contributed by atoms with Gasteiger partial charge in [-0.3, -0.25) is 0 Å². The second-order valence-electron chi connectivity index (χ2n) is 11.8. The minimum absolute atomic E-state index is 0.899. The zero-order valence-electron chi connectivity index (χ0n) is 23.7. The van der Waals surface area contributed by atoms with Crippen molar-refractivity contribution in [3.63, 3.8) is 0 Å². The summed E-state index contributed by atoms with van der Waals surface area (Å²) in [6, 6.07) is 25.9. The van der Waals surface area contributed by atoms with Crippen LogP contribution < -0.4 is 4.90 Å². The Labute approximate surface area is 245 Å². The molecular formula is C39H31NO2. The van der Waals surface area contributed by atoms with Gasteiger partial charge in [-0.05, 0) is 85.6 Å². The van der Waals surface area contributed by atoms with Gasteiger partial charge in [0.2, 0.25) is 0 Å². The van der Waals surface area contributed by atoms with Crippen molar-refractivity contribution in [3.05, 3.63) is 125 Å². The molecule has 204 valence electrons. The van der Waals surface area contributed by atoms with Crippen molar-refractivity contribution in [3.8, 4) is 0 Å². The van der Waals surface area contributed by atoms with Gasteiger partial charge >= 0.3 is 0 Å². The van der Waals surface area contributed by atoms with Crippen LogP contribution in [0.4, 0.5) is 17.1 Å². The summed E-state index contributed by atoms with van der Waals surface area (Å²) in [5.74, 6) is 1.17. The Hall–Kier alpha value is -4.76. The van der Waals surface area contributed by atoms with E-state index in [0.29, 0.717) is 0 Å². The Balaban J connectivity index is 1.33. The van der Waals surface area contributed by atoms with Gasteiger partial charge in [0.1, 0.15) is 22.5 Å². The lowest BCUT2D eigenvalue weighted by atomic mass is 9.81. The number of rotatable bonds is 3. The Kier molecular flexibility index (Phi) is 5.19. The third kappa shape index (κ3) is 3.46. The number of para-hydroxylation sites is 2. The Morgan fingerprint density at radius 1 is 0.667 bits per heavy atom. The van der Waals surface area contributed by atoms with Crippen LogP contribution in [-0.2, 0) is 12.8 Å². The van der Waals surface area contributed by atoms with Gasteiger partial charge in [0.25, 0.3) is 0 Å². The second kappa shape index (κ2) is 9.12. The molecule has 3 nitrogen and oxygen atoms in total. The fourth-order valence-corrected chi connectivity index (χ4v) is 7.50.